The molecule has 0 spiro atoms. The molecule has 2 aromatic rings. The van der Waals surface area contributed by atoms with Gasteiger partial charge in [-0.15, -0.1) is 0 Å². The fourth-order valence-electron chi connectivity index (χ4n) is 1.70. The van der Waals surface area contributed by atoms with Gasteiger partial charge in [0, 0.05) is 12.6 Å². The van der Waals surface area contributed by atoms with Crippen molar-refractivity contribution >= 4 is 53.9 Å². The first kappa shape index (κ1) is 14.4. The summed E-state index contributed by atoms with van der Waals surface area (Å²) < 4.78 is 0. The first-order valence-corrected chi connectivity index (χ1v) is 6.70. The number of hydrogen-bond donors (Lipinski definition) is 0. The van der Waals surface area contributed by atoms with E-state index in [2.05, 4.69) is 4.98 Å². The lowest BCUT2D eigenvalue weighted by molar-refractivity contribution is 0.0993. The number of Topliss-reactive ketones (excluding diaryl/α,β-unsaturated/α-hetero) is 1. The van der Waals surface area contributed by atoms with Crippen LogP contribution in [0.25, 0.3) is 0 Å². The van der Waals surface area contributed by atoms with E-state index in [1.807, 2.05) is 7.85 Å². The molecule has 6 heteroatoms. The van der Waals surface area contributed by atoms with Crippen molar-refractivity contribution < 1.29 is 4.79 Å². The molecule has 96 valence electrons. The minimum absolute atomic E-state index is 0.134. The van der Waals surface area contributed by atoms with Crippen LogP contribution in [0.5, 0.6) is 0 Å². The molecule has 0 saturated heterocycles. The van der Waals surface area contributed by atoms with Gasteiger partial charge >= 0.3 is 0 Å². The van der Waals surface area contributed by atoms with Crippen LogP contribution in [-0.2, 0) is 6.42 Å². The molecule has 2 rings (SSSR count). The van der Waals surface area contributed by atoms with Gasteiger partial charge in [-0.2, -0.15) is 0 Å². The van der Waals surface area contributed by atoms with Gasteiger partial charge in [0.25, 0.3) is 0 Å². The summed E-state index contributed by atoms with van der Waals surface area (Å²) in [5, 5.41) is 1.03. The highest BCUT2D eigenvalue weighted by atomic mass is 35.5. The summed E-state index contributed by atoms with van der Waals surface area (Å²) >= 11 is 17.9. The molecule has 0 atom stereocenters. The number of carbonyl (C=O) groups excluding carboxylic acids is 1. The molecular weight excluding hydrogens is 303 g/mol. The van der Waals surface area contributed by atoms with Crippen LogP contribution in [0.15, 0.2) is 30.5 Å². The summed E-state index contributed by atoms with van der Waals surface area (Å²) in [6, 6.07) is 6.92. The zero-order valence-electron chi connectivity index (χ0n) is 10.1. The van der Waals surface area contributed by atoms with Gasteiger partial charge in [0.2, 0.25) is 0 Å². The second-order valence-electron chi connectivity index (χ2n) is 4.16. The lowest BCUT2D eigenvalue weighted by atomic mass is 9.95. The molecule has 0 saturated carbocycles. The lowest BCUT2D eigenvalue weighted by Crippen LogP contribution is -2.12. The van der Waals surface area contributed by atoms with Crippen molar-refractivity contribution in [3.63, 3.8) is 0 Å². The molecular formula is C13H9BCl3NO. The molecule has 0 aliphatic heterocycles. The molecule has 0 aliphatic rings. The molecule has 0 N–H and O–H groups in total. The topological polar surface area (TPSA) is 30.0 Å². The van der Waals surface area contributed by atoms with Gasteiger partial charge in [0.15, 0.2) is 5.78 Å². The van der Waals surface area contributed by atoms with E-state index in [9.17, 15) is 4.79 Å². The fraction of sp³-hybridized carbons (Fsp3) is 0.0769. The largest absolute Gasteiger partial charge is 0.294 e. The van der Waals surface area contributed by atoms with E-state index in [0.717, 1.165) is 5.46 Å². The number of halogens is 3. The number of carbonyl (C=O) groups is 1. The van der Waals surface area contributed by atoms with Crippen LogP contribution in [0.2, 0.25) is 15.2 Å². The molecule has 19 heavy (non-hydrogen) atoms. The maximum atomic E-state index is 12.2. The summed E-state index contributed by atoms with van der Waals surface area (Å²) in [6.45, 7) is 0. The maximum Gasteiger partial charge on any atom is 0.170 e. The molecule has 2 nitrogen and oxygen atoms in total. The minimum atomic E-state index is -0.134. The third-order valence-electron chi connectivity index (χ3n) is 2.66. The first-order chi connectivity index (χ1) is 8.99. The molecule has 1 heterocycles. The van der Waals surface area contributed by atoms with Crippen LogP contribution in [-0.4, -0.2) is 18.6 Å². The predicted molar refractivity (Wildman–Crippen MR) is 81.9 cm³/mol. The molecule has 0 amide bonds. The number of nitrogens with zero attached hydrogens (tertiary/aromatic N) is 1. The number of benzene rings is 1. The van der Waals surface area contributed by atoms with E-state index in [4.69, 9.17) is 34.8 Å². The highest BCUT2D eigenvalue weighted by Gasteiger charge is 2.15. The normalized spacial score (nSPS) is 10.5. The van der Waals surface area contributed by atoms with Gasteiger partial charge in [-0.25, -0.2) is 4.98 Å². The van der Waals surface area contributed by atoms with Gasteiger partial charge < -0.3 is 0 Å². The quantitative estimate of drug-likeness (QED) is 0.495. The van der Waals surface area contributed by atoms with Crippen molar-refractivity contribution in [3.8, 4) is 0 Å². The molecule has 0 bridgehead atoms. The Bertz CT molecular complexity index is 646. The molecule has 1 aromatic heterocycles. The number of rotatable bonds is 3. The third-order valence-corrected chi connectivity index (χ3v) is 3.82. The SMILES string of the molecule is Bc1cnc(Cl)c(C(=O)Cc2cccc(Cl)c2Cl)c1. The van der Waals surface area contributed by atoms with Crippen molar-refractivity contribution in [2.75, 3.05) is 0 Å². The molecule has 0 fully saturated rings. The van der Waals surface area contributed by atoms with Crippen molar-refractivity contribution in [2.45, 2.75) is 6.42 Å². The van der Waals surface area contributed by atoms with Crippen molar-refractivity contribution in [1.29, 1.82) is 0 Å². The van der Waals surface area contributed by atoms with E-state index in [-0.39, 0.29) is 17.4 Å². The molecule has 0 radical (unpaired) electrons. The Balaban J connectivity index is 2.31. The zero-order chi connectivity index (χ0) is 14.0. The van der Waals surface area contributed by atoms with E-state index in [0.29, 0.717) is 21.2 Å². The van der Waals surface area contributed by atoms with Crippen LogP contribution in [0.4, 0.5) is 0 Å². The Morgan fingerprint density at radius 2 is 2.00 bits per heavy atom. The molecule has 1 aromatic carbocycles. The smallest absolute Gasteiger partial charge is 0.170 e. The Morgan fingerprint density at radius 1 is 1.26 bits per heavy atom. The summed E-state index contributed by atoms with van der Waals surface area (Å²) in [4.78, 5) is 16.2. The van der Waals surface area contributed by atoms with Crippen LogP contribution in [0, 0.1) is 0 Å². The van der Waals surface area contributed by atoms with E-state index >= 15 is 0 Å². The molecule has 0 unspecified atom stereocenters. The van der Waals surface area contributed by atoms with Crippen molar-refractivity contribution in [1.82, 2.24) is 4.98 Å². The van der Waals surface area contributed by atoms with Gasteiger partial charge in [-0.05, 0) is 11.6 Å². The Labute approximate surface area is 127 Å². The number of aromatic nitrogens is 1. The van der Waals surface area contributed by atoms with Crippen LogP contribution < -0.4 is 5.46 Å². The Kier molecular flexibility index (Phi) is 4.51. The second kappa shape index (κ2) is 5.95. The van der Waals surface area contributed by atoms with E-state index in [1.54, 1.807) is 30.5 Å². The highest BCUT2D eigenvalue weighted by Crippen LogP contribution is 2.27. The van der Waals surface area contributed by atoms with Gasteiger partial charge in [0.1, 0.15) is 13.0 Å². The summed E-state index contributed by atoms with van der Waals surface area (Å²) in [6.07, 6.45) is 1.76. The number of ketones is 1. The maximum absolute atomic E-state index is 12.2. The van der Waals surface area contributed by atoms with Crippen LogP contribution in [0.1, 0.15) is 15.9 Å². The number of pyridine rings is 1. The summed E-state index contributed by atoms with van der Waals surface area (Å²) in [5.74, 6) is -0.134. The van der Waals surface area contributed by atoms with Gasteiger partial charge in [0.05, 0.1) is 15.6 Å². The van der Waals surface area contributed by atoms with E-state index in [1.165, 1.54) is 0 Å². The van der Waals surface area contributed by atoms with Crippen LogP contribution >= 0.6 is 34.8 Å². The summed E-state index contributed by atoms with van der Waals surface area (Å²) in [7, 11) is 1.85. The zero-order valence-corrected chi connectivity index (χ0v) is 12.4. The van der Waals surface area contributed by atoms with Crippen molar-refractivity contribution in [3.05, 3.63) is 56.8 Å². The van der Waals surface area contributed by atoms with Gasteiger partial charge in [-0.3, -0.25) is 4.79 Å². The Morgan fingerprint density at radius 3 is 2.74 bits per heavy atom. The highest BCUT2D eigenvalue weighted by molar-refractivity contribution is 6.42. The fourth-order valence-corrected chi connectivity index (χ4v) is 2.30. The second-order valence-corrected chi connectivity index (χ2v) is 5.31. The predicted octanol–water partition coefficient (Wildman–Crippen LogP) is 2.73. The first-order valence-electron chi connectivity index (χ1n) is 5.57. The van der Waals surface area contributed by atoms with E-state index < -0.39 is 0 Å². The third kappa shape index (κ3) is 3.30. The Hall–Kier alpha value is -1.03. The standard InChI is InChI=1S/C13H9BCl3NO/c14-8-5-9(13(17)18-6-8)11(19)4-7-2-1-3-10(15)12(7)16/h1-3,5-6H,4,14H2. The summed E-state index contributed by atoms with van der Waals surface area (Å²) in [5.41, 5.74) is 1.96. The monoisotopic (exact) mass is 311 g/mol. The van der Waals surface area contributed by atoms with Crippen LogP contribution in [0.3, 0.4) is 0 Å². The average molecular weight is 312 g/mol. The number of hydrogen-bond acceptors (Lipinski definition) is 2. The minimum Gasteiger partial charge on any atom is -0.294 e. The lowest BCUT2D eigenvalue weighted by Gasteiger charge is -2.07. The van der Waals surface area contributed by atoms with Crippen molar-refractivity contribution in [2.24, 2.45) is 0 Å². The molecule has 0 aliphatic carbocycles. The van der Waals surface area contributed by atoms with Gasteiger partial charge in [-0.1, -0.05) is 58.5 Å². The average Bonchev–Trinajstić information content (AvgIpc) is 2.38.